The van der Waals surface area contributed by atoms with E-state index < -0.39 is 11.0 Å². The third kappa shape index (κ3) is 2.09. The molecule has 1 fully saturated rings. The second kappa shape index (κ2) is 6.62. The number of hydrogen-bond acceptors (Lipinski definition) is 5. The van der Waals surface area contributed by atoms with E-state index >= 15 is 0 Å². The van der Waals surface area contributed by atoms with Gasteiger partial charge in [0.05, 0.1) is 5.41 Å². The Morgan fingerprint density at radius 3 is 2.47 bits per heavy atom. The Labute approximate surface area is 208 Å². The van der Waals surface area contributed by atoms with Crippen molar-refractivity contribution in [3.8, 4) is 11.5 Å². The van der Waals surface area contributed by atoms with E-state index in [2.05, 4.69) is 23.1 Å². The SMILES string of the molecule is CN1C[C@H](c2ccc3c(c2)OCO3)[C@]2(Cc3ccccc3C2=O)[C@]12C(=O)c1cccc3cccc2c13. The fraction of sp³-hybridized carbons (Fsp3) is 0.226. The van der Waals surface area contributed by atoms with Crippen molar-refractivity contribution in [1.29, 1.82) is 0 Å². The molecule has 176 valence electrons. The molecule has 0 bridgehead atoms. The van der Waals surface area contributed by atoms with Crippen LogP contribution in [0.15, 0.2) is 78.9 Å². The van der Waals surface area contributed by atoms with Crippen molar-refractivity contribution in [3.05, 3.63) is 107 Å². The van der Waals surface area contributed by atoms with Gasteiger partial charge in [0.15, 0.2) is 23.1 Å². The van der Waals surface area contributed by atoms with Crippen LogP contribution in [0.3, 0.4) is 0 Å². The van der Waals surface area contributed by atoms with Crippen LogP contribution >= 0.6 is 0 Å². The molecule has 0 N–H and O–H groups in total. The number of carbonyl (C=O) groups is 2. The van der Waals surface area contributed by atoms with Crippen molar-refractivity contribution >= 4 is 22.3 Å². The lowest BCUT2D eigenvalue weighted by molar-refractivity contribution is 0.0342. The van der Waals surface area contributed by atoms with Gasteiger partial charge < -0.3 is 9.47 Å². The van der Waals surface area contributed by atoms with Gasteiger partial charge >= 0.3 is 0 Å². The summed E-state index contributed by atoms with van der Waals surface area (Å²) in [6, 6.07) is 25.9. The molecule has 2 aliphatic heterocycles. The predicted molar refractivity (Wildman–Crippen MR) is 135 cm³/mol. The van der Waals surface area contributed by atoms with E-state index in [1.54, 1.807) is 0 Å². The lowest BCUT2D eigenvalue weighted by atomic mass is 9.58. The molecular weight excluding hydrogens is 450 g/mol. The summed E-state index contributed by atoms with van der Waals surface area (Å²) in [6.45, 7) is 0.772. The van der Waals surface area contributed by atoms with Gasteiger partial charge in [-0.15, -0.1) is 0 Å². The number of hydrogen-bond donors (Lipinski definition) is 0. The first kappa shape index (κ1) is 20.3. The van der Waals surface area contributed by atoms with Crippen molar-refractivity contribution in [1.82, 2.24) is 4.90 Å². The quantitative estimate of drug-likeness (QED) is 0.384. The van der Waals surface area contributed by atoms with Gasteiger partial charge in [0.2, 0.25) is 6.79 Å². The number of Topliss-reactive ketones (excluding diaryl/α,β-unsaturated/α-hetero) is 2. The number of likely N-dealkylation sites (tertiary alicyclic amines) is 1. The lowest BCUT2D eigenvalue weighted by Crippen LogP contribution is -2.57. The summed E-state index contributed by atoms with van der Waals surface area (Å²) in [5.41, 5.74) is 2.33. The summed E-state index contributed by atoms with van der Waals surface area (Å²) in [6.07, 6.45) is 0.515. The van der Waals surface area contributed by atoms with Gasteiger partial charge in [-0.3, -0.25) is 14.5 Å². The number of ether oxygens (including phenoxy) is 2. The van der Waals surface area contributed by atoms with Crippen LogP contribution in [0.1, 0.15) is 43.3 Å². The molecular formula is C31H23NO4. The average molecular weight is 474 g/mol. The van der Waals surface area contributed by atoms with Gasteiger partial charge in [-0.2, -0.15) is 0 Å². The van der Waals surface area contributed by atoms with E-state index in [0.717, 1.165) is 33.0 Å². The number of carbonyl (C=O) groups excluding carboxylic acids is 2. The minimum absolute atomic E-state index is 0.0289. The number of rotatable bonds is 1. The molecule has 4 aromatic carbocycles. The Kier molecular flexibility index (Phi) is 3.73. The molecule has 0 amide bonds. The molecule has 5 heteroatoms. The highest BCUT2D eigenvalue weighted by molar-refractivity contribution is 6.24. The third-order valence-corrected chi connectivity index (χ3v) is 9.07. The normalized spacial score (nSPS) is 27.6. The fourth-order valence-corrected chi connectivity index (χ4v) is 7.74. The average Bonchev–Trinajstić information content (AvgIpc) is 3.62. The number of nitrogens with zero attached hydrogens (tertiary/aromatic N) is 1. The topological polar surface area (TPSA) is 55.8 Å². The van der Waals surface area contributed by atoms with Gasteiger partial charge in [-0.1, -0.05) is 66.7 Å². The molecule has 2 spiro atoms. The first-order chi connectivity index (χ1) is 17.6. The first-order valence-electron chi connectivity index (χ1n) is 12.4. The molecule has 5 nitrogen and oxygen atoms in total. The van der Waals surface area contributed by atoms with Gasteiger partial charge in [0.1, 0.15) is 5.54 Å². The fourth-order valence-electron chi connectivity index (χ4n) is 7.74. The van der Waals surface area contributed by atoms with Crippen LogP contribution in [0.5, 0.6) is 11.5 Å². The molecule has 4 aromatic rings. The molecule has 2 aliphatic carbocycles. The summed E-state index contributed by atoms with van der Waals surface area (Å²) in [7, 11) is 2.01. The predicted octanol–water partition coefficient (Wildman–Crippen LogP) is 5.11. The zero-order chi connectivity index (χ0) is 24.2. The Hall–Kier alpha value is -3.96. The van der Waals surface area contributed by atoms with Crippen molar-refractivity contribution in [3.63, 3.8) is 0 Å². The minimum atomic E-state index is -1.09. The van der Waals surface area contributed by atoms with E-state index in [1.807, 2.05) is 67.7 Å². The van der Waals surface area contributed by atoms with Crippen LogP contribution in [0.2, 0.25) is 0 Å². The van der Waals surface area contributed by atoms with Crippen LogP contribution in [-0.2, 0) is 12.0 Å². The summed E-state index contributed by atoms with van der Waals surface area (Å²) >= 11 is 0. The van der Waals surface area contributed by atoms with E-state index in [0.29, 0.717) is 30.0 Å². The summed E-state index contributed by atoms with van der Waals surface area (Å²) < 4.78 is 11.3. The molecule has 36 heavy (non-hydrogen) atoms. The summed E-state index contributed by atoms with van der Waals surface area (Å²) in [5.74, 6) is 1.29. The number of fused-ring (bicyclic) bond motifs is 4. The molecule has 0 radical (unpaired) electrons. The smallest absolute Gasteiger partial charge is 0.231 e. The van der Waals surface area contributed by atoms with Crippen LogP contribution in [0, 0.1) is 5.41 Å². The molecule has 1 saturated heterocycles. The molecule has 4 aliphatic rings. The van der Waals surface area contributed by atoms with Gasteiger partial charge in [0.25, 0.3) is 0 Å². The van der Waals surface area contributed by atoms with Gasteiger partial charge in [-0.05, 0) is 53.1 Å². The van der Waals surface area contributed by atoms with Crippen molar-refractivity contribution in [2.24, 2.45) is 5.41 Å². The standard InChI is InChI=1S/C31H23NO4/c1-32-16-24(19-12-13-25-26(14-19)36-17-35-25)30(15-20-6-2-3-9-21(20)28(30)33)31(32)23-11-5-8-18-7-4-10-22(27(18)23)29(31)34/h2-14,24H,15-17H2,1H3/t24-,30+,31+/m1/s1. The molecule has 0 unspecified atom stereocenters. The number of ketones is 2. The van der Waals surface area contributed by atoms with Crippen LogP contribution in [-0.4, -0.2) is 36.9 Å². The summed E-state index contributed by atoms with van der Waals surface area (Å²) in [4.78, 5) is 31.6. The highest BCUT2D eigenvalue weighted by Crippen LogP contribution is 2.67. The second-order valence-corrected chi connectivity index (χ2v) is 10.4. The van der Waals surface area contributed by atoms with Crippen molar-refractivity contribution in [2.75, 3.05) is 20.4 Å². The monoisotopic (exact) mass is 473 g/mol. The van der Waals surface area contributed by atoms with E-state index in [4.69, 9.17) is 9.47 Å². The van der Waals surface area contributed by atoms with E-state index in [9.17, 15) is 9.59 Å². The highest BCUT2D eigenvalue weighted by Gasteiger charge is 2.74. The van der Waals surface area contributed by atoms with E-state index in [1.165, 1.54) is 0 Å². The Morgan fingerprint density at radius 2 is 1.61 bits per heavy atom. The molecule has 2 heterocycles. The largest absolute Gasteiger partial charge is 0.454 e. The Bertz CT molecular complexity index is 1650. The van der Waals surface area contributed by atoms with Crippen LogP contribution < -0.4 is 9.47 Å². The Balaban J connectivity index is 1.45. The lowest BCUT2D eigenvalue weighted by Gasteiger charge is -2.44. The summed E-state index contributed by atoms with van der Waals surface area (Å²) in [5, 5.41) is 2.01. The maximum Gasteiger partial charge on any atom is 0.231 e. The van der Waals surface area contributed by atoms with Crippen molar-refractivity contribution < 1.29 is 19.1 Å². The van der Waals surface area contributed by atoms with Crippen molar-refractivity contribution in [2.45, 2.75) is 17.9 Å². The highest BCUT2D eigenvalue weighted by atomic mass is 16.7. The number of likely N-dealkylation sites (N-methyl/N-ethyl adjacent to an activating group) is 1. The minimum Gasteiger partial charge on any atom is -0.454 e. The van der Waals surface area contributed by atoms with Gasteiger partial charge in [-0.25, -0.2) is 0 Å². The molecule has 3 atom stereocenters. The van der Waals surface area contributed by atoms with Crippen LogP contribution in [0.25, 0.3) is 10.8 Å². The van der Waals surface area contributed by atoms with E-state index in [-0.39, 0.29) is 24.3 Å². The maximum absolute atomic E-state index is 14.7. The third-order valence-electron chi connectivity index (χ3n) is 9.07. The molecule has 0 saturated carbocycles. The number of benzene rings is 4. The first-order valence-corrected chi connectivity index (χ1v) is 12.4. The maximum atomic E-state index is 14.7. The second-order valence-electron chi connectivity index (χ2n) is 10.4. The Morgan fingerprint density at radius 1 is 0.833 bits per heavy atom. The molecule has 8 rings (SSSR count). The van der Waals surface area contributed by atoms with Gasteiger partial charge in [0, 0.05) is 23.6 Å². The van der Waals surface area contributed by atoms with Crippen LogP contribution in [0.4, 0.5) is 0 Å². The zero-order valence-electron chi connectivity index (χ0n) is 19.8. The zero-order valence-corrected chi connectivity index (χ0v) is 19.8. The molecule has 0 aromatic heterocycles.